The number of hydrogen-bond donors (Lipinski definition) is 2. The lowest BCUT2D eigenvalue weighted by molar-refractivity contribution is -0.235. The van der Waals surface area contributed by atoms with Gasteiger partial charge >= 0.3 is 11.9 Å². The van der Waals surface area contributed by atoms with Crippen molar-refractivity contribution in [2.24, 2.45) is 56.2 Å². The van der Waals surface area contributed by atoms with E-state index in [1.54, 1.807) is 13.8 Å². The number of esters is 1. The van der Waals surface area contributed by atoms with Gasteiger partial charge in [-0.1, -0.05) is 73.3 Å². The number of ketones is 1. The third-order valence-corrected chi connectivity index (χ3v) is 17.4. The van der Waals surface area contributed by atoms with Crippen molar-refractivity contribution in [1.82, 2.24) is 4.90 Å². The molecule has 9 atom stereocenters. The first-order valence-corrected chi connectivity index (χ1v) is 21.2. The molecule has 0 spiro atoms. The summed E-state index contributed by atoms with van der Waals surface area (Å²) < 4.78 is 6.16. The molecule has 0 saturated heterocycles. The molecule has 6 aliphatic carbocycles. The van der Waals surface area contributed by atoms with Gasteiger partial charge in [-0.15, -0.1) is 0 Å². The lowest BCUT2D eigenvalue weighted by Crippen LogP contribution is -2.66. The fourth-order valence-electron chi connectivity index (χ4n) is 14.1. The predicted octanol–water partition coefficient (Wildman–Crippen LogP) is 8.92. The molecule has 5 fully saturated rings. The van der Waals surface area contributed by atoms with Crippen molar-refractivity contribution in [3.8, 4) is 0 Å². The van der Waals surface area contributed by atoms with E-state index in [0.717, 1.165) is 82.6 Å². The number of carboxylic acids is 1. The van der Waals surface area contributed by atoms with E-state index in [1.807, 2.05) is 11.9 Å². The van der Waals surface area contributed by atoms with E-state index in [4.69, 9.17) is 4.74 Å². The quantitative estimate of drug-likeness (QED) is 0.227. The maximum Gasteiger partial charge on any atom is 0.309 e. The molecule has 0 radical (unpaired) electrons. The number of carboxylic acid groups (broad SMARTS) is 1. The lowest BCUT2D eigenvalue weighted by atomic mass is 9.33. The molecule has 0 aromatic rings. The topological polar surface area (TPSA) is 121 Å². The summed E-state index contributed by atoms with van der Waals surface area (Å²) in [5.74, 6) is -0.183. The molecule has 1 amide bonds. The van der Waals surface area contributed by atoms with Crippen molar-refractivity contribution in [2.75, 3.05) is 7.05 Å². The Labute approximate surface area is 319 Å². The average Bonchev–Trinajstić information content (AvgIpc) is 3.39. The molecule has 298 valence electrons. The van der Waals surface area contributed by atoms with E-state index in [9.17, 15) is 29.4 Å². The molecule has 0 aromatic carbocycles. The van der Waals surface area contributed by atoms with Gasteiger partial charge < -0.3 is 19.8 Å². The van der Waals surface area contributed by atoms with Gasteiger partial charge in [0.1, 0.15) is 6.10 Å². The summed E-state index contributed by atoms with van der Waals surface area (Å²) in [7, 11) is 1.91. The van der Waals surface area contributed by atoms with Crippen LogP contribution >= 0.6 is 0 Å². The highest BCUT2D eigenvalue weighted by Gasteiger charge is 2.71. The summed E-state index contributed by atoms with van der Waals surface area (Å²) in [6.45, 7) is 19.5. The molecular weight excluding hydrogens is 666 g/mol. The number of carbonyl (C=O) groups excluding carboxylic acids is 3. The maximum absolute atomic E-state index is 14.1. The Hall–Kier alpha value is -2.22. The Bertz CT molecular complexity index is 1520. The lowest BCUT2D eigenvalue weighted by Gasteiger charge is -2.72. The van der Waals surface area contributed by atoms with Crippen molar-refractivity contribution in [2.45, 2.75) is 183 Å². The molecule has 0 aromatic heterocycles. The summed E-state index contributed by atoms with van der Waals surface area (Å²) >= 11 is 0. The fourth-order valence-corrected chi connectivity index (χ4v) is 14.1. The summed E-state index contributed by atoms with van der Waals surface area (Å²) in [5, 5.41) is 21.9. The number of rotatable bonds is 9. The molecule has 0 aliphatic heterocycles. The number of allylic oxidation sites excluding steroid dienone is 1. The van der Waals surface area contributed by atoms with Gasteiger partial charge in [0.25, 0.3) is 0 Å². The molecule has 8 nitrogen and oxygen atoms in total. The number of carbonyl (C=O) groups is 4. The van der Waals surface area contributed by atoms with E-state index >= 15 is 0 Å². The molecule has 5 saturated carbocycles. The zero-order valence-electron chi connectivity index (χ0n) is 34.7. The van der Waals surface area contributed by atoms with Gasteiger partial charge in [0.05, 0.1) is 24.4 Å². The normalized spacial score (nSPS) is 39.1. The van der Waals surface area contributed by atoms with Gasteiger partial charge in [-0.2, -0.15) is 0 Å². The van der Waals surface area contributed by atoms with Crippen LogP contribution in [0.2, 0.25) is 0 Å². The first-order chi connectivity index (χ1) is 24.6. The van der Waals surface area contributed by atoms with Crippen molar-refractivity contribution in [3.05, 3.63) is 11.1 Å². The Balaban J connectivity index is 1.27. The Morgan fingerprint density at radius 3 is 2.15 bits per heavy atom. The molecule has 0 unspecified atom stereocenters. The van der Waals surface area contributed by atoms with Crippen LogP contribution in [0.5, 0.6) is 0 Å². The van der Waals surface area contributed by atoms with Crippen LogP contribution in [0.25, 0.3) is 0 Å². The van der Waals surface area contributed by atoms with Gasteiger partial charge in [-0.3, -0.25) is 19.2 Å². The van der Waals surface area contributed by atoms with Gasteiger partial charge in [0.2, 0.25) is 5.91 Å². The third kappa shape index (κ3) is 6.26. The Kier molecular flexibility index (Phi) is 10.5. The molecule has 53 heavy (non-hydrogen) atoms. The number of aliphatic hydroxyl groups excluding tert-OH is 1. The summed E-state index contributed by atoms with van der Waals surface area (Å²) in [6, 6.07) is 0.241. The number of fused-ring (bicyclic) bond motifs is 7. The second kappa shape index (κ2) is 13.8. The number of Topliss-reactive ketones (excluding diaryl/α,β-unsaturated/α-hetero) is 1. The molecule has 6 rings (SSSR count). The minimum atomic E-state index is -1.17. The van der Waals surface area contributed by atoms with Gasteiger partial charge in [0, 0.05) is 30.3 Å². The first-order valence-electron chi connectivity index (χ1n) is 21.2. The average molecular weight is 738 g/mol. The van der Waals surface area contributed by atoms with Crippen LogP contribution in [0.15, 0.2) is 11.1 Å². The molecule has 6 aliphatic rings. The van der Waals surface area contributed by atoms with E-state index in [0.29, 0.717) is 18.3 Å². The summed E-state index contributed by atoms with van der Waals surface area (Å²) in [6.07, 6.45) is 12.2. The van der Waals surface area contributed by atoms with Crippen molar-refractivity contribution < 1.29 is 34.1 Å². The minimum Gasteiger partial charge on any atom is -0.481 e. The second-order valence-corrected chi connectivity index (χ2v) is 21.1. The number of ether oxygens (including phenoxy) is 1. The molecular formula is C45H71NO7. The zero-order valence-corrected chi connectivity index (χ0v) is 34.7. The van der Waals surface area contributed by atoms with Crippen LogP contribution in [0.1, 0.15) is 165 Å². The van der Waals surface area contributed by atoms with Crippen LogP contribution < -0.4 is 0 Å². The third-order valence-electron chi connectivity index (χ3n) is 17.4. The van der Waals surface area contributed by atoms with Crippen LogP contribution in [0.4, 0.5) is 0 Å². The van der Waals surface area contributed by atoms with Crippen molar-refractivity contribution in [1.29, 1.82) is 0 Å². The molecule has 0 heterocycles. The smallest absolute Gasteiger partial charge is 0.309 e. The predicted molar refractivity (Wildman–Crippen MR) is 206 cm³/mol. The van der Waals surface area contributed by atoms with E-state index < -0.39 is 28.9 Å². The van der Waals surface area contributed by atoms with Gasteiger partial charge in [0.15, 0.2) is 5.78 Å². The number of aliphatic carboxylic acids is 1. The SMILES string of the molecule is CC(C)C1=C2[C@H]3CC[C@@H]4[C@@]5(C)CC[C@H](OC(=O)CC(C)(C)C(=O)O)C(C)(C)[C@@H]5CC[C@@]4(C)[C@]3(C)CC[C@@]2([C@H](O)CC(=O)N(C)C2CCCCC2)CC1=O. The van der Waals surface area contributed by atoms with Gasteiger partial charge in [-0.05, 0) is 124 Å². The number of hydrogen-bond acceptors (Lipinski definition) is 6. The van der Waals surface area contributed by atoms with Crippen molar-refractivity contribution in [3.63, 3.8) is 0 Å². The van der Waals surface area contributed by atoms with Crippen molar-refractivity contribution >= 4 is 23.6 Å². The molecule has 0 bridgehead atoms. The number of aliphatic hydroxyl groups is 1. The van der Waals surface area contributed by atoms with E-state index in [1.165, 1.54) is 12.0 Å². The van der Waals surface area contributed by atoms with Crippen LogP contribution in [0, 0.1) is 56.2 Å². The zero-order chi connectivity index (χ0) is 39.1. The van der Waals surface area contributed by atoms with E-state index in [-0.39, 0.29) is 70.2 Å². The maximum atomic E-state index is 14.1. The van der Waals surface area contributed by atoms with Gasteiger partial charge in [-0.25, -0.2) is 0 Å². The standard InChI is InChI=1S/C45H71NO7/c1-27(2)37-30(47)25-45(33(48)24-35(49)46(10)28-14-12-11-13-15-28)23-22-43(8)29(38(37)45)16-17-32-42(7)20-19-34(53-36(50)26-40(3,4)39(51)52)41(5,6)31(42)18-21-44(32,43)9/h27-29,31-34,48H,11-26H2,1-10H3,(H,51,52)/t29-,31+,32-,33-,34+,42+,43-,44-,45+/m1/s1. The number of nitrogens with zero attached hydrogens (tertiary/aromatic N) is 1. The second-order valence-electron chi connectivity index (χ2n) is 21.1. The highest BCUT2D eigenvalue weighted by Crippen LogP contribution is 2.77. The molecule has 8 heteroatoms. The summed E-state index contributed by atoms with van der Waals surface area (Å²) in [5.41, 5.74) is 0.0281. The summed E-state index contributed by atoms with van der Waals surface area (Å²) in [4.78, 5) is 54.6. The highest BCUT2D eigenvalue weighted by atomic mass is 16.5. The Morgan fingerprint density at radius 2 is 1.53 bits per heavy atom. The minimum absolute atomic E-state index is 0.00770. The highest BCUT2D eigenvalue weighted by molar-refractivity contribution is 6.01. The van der Waals surface area contributed by atoms with Crippen LogP contribution in [-0.4, -0.2) is 64.0 Å². The van der Waals surface area contributed by atoms with Crippen LogP contribution in [0.3, 0.4) is 0 Å². The van der Waals surface area contributed by atoms with E-state index in [2.05, 4.69) is 48.5 Å². The first kappa shape index (κ1) is 40.4. The monoisotopic (exact) mass is 738 g/mol. The van der Waals surface area contributed by atoms with Crippen LogP contribution in [-0.2, 0) is 23.9 Å². The molecule has 2 N–H and O–H groups in total. The largest absolute Gasteiger partial charge is 0.481 e. The Morgan fingerprint density at radius 1 is 0.868 bits per heavy atom. The number of amides is 1. The fraction of sp³-hybridized carbons (Fsp3) is 0.867.